The van der Waals surface area contributed by atoms with Crippen LogP contribution in [-0.2, 0) is 11.3 Å². The maximum absolute atomic E-state index is 11.2. The molecule has 2 rings (SSSR count). The highest BCUT2D eigenvalue weighted by atomic mass is 16.6. The first-order chi connectivity index (χ1) is 7.31. The van der Waals surface area contributed by atoms with Gasteiger partial charge in [-0.2, -0.15) is 0 Å². The number of nitrogens with one attached hydrogen (secondary N) is 1. The van der Waals surface area contributed by atoms with Gasteiger partial charge >= 0.3 is 6.09 Å². The standard InChI is InChI=1S/C10H13N3O2/c1-11-9-8(3-2-4-12-9)7-13-5-6-15-10(13)14/h2-4H,5-7H2,1H3,(H,11,12). The average Bonchev–Trinajstić information content (AvgIpc) is 2.65. The smallest absolute Gasteiger partial charge is 0.410 e. The molecule has 2 heterocycles. The van der Waals surface area contributed by atoms with E-state index in [2.05, 4.69) is 10.3 Å². The van der Waals surface area contributed by atoms with E-state index >= 15 is 0 Å². The number of cyclic esters (lactones) is 1. The molecular weight excluding hydrogens is 194 g/mol. The molecule has 1 aliphatic heterocycles. The zero-order valence-electron chi connectivity index (χ0n) is 8.56. The van der Waals surface area contributed by atoms with Crippen LogP contribution in [0, 0.1) is 0 Å². The number of hydrogen-bond donors (Lipinski definition) is 1. The number of amides is 1. The Morgan fingerprint density at radius 3 is 3.20 bits per heavy atom. The Morgan fingerprint density at radius 2 is 2.53 bits per heavy atom. The van der Waals surface area contributed by atoms with Crippen LogP contribution < -0.4 is 5.32 Å². The monoisotopic (exact) mass is 207 g/mol. The minimum atomic E-state index is -0.249. The lowest BCUT2D eigenvalue weighted by Crippen LogP contribution is -2.24. The Labute approximate surface area is 88.1 Å². The second-order valence-electron chi connectivity index (χ2n) is 3.30. The van der Waals surface area contributed by atoms with Crippen molar-refractivity contribution in [1.82, 2.24) is 9.88 Å². The Bertz CT molecular complexity index is 367. The molecule has 5 nitrogen and oxygen atoms in total. The summed E-state index contributed by atoms with van der Waals surface area (Å²) in [4.78, 5) is 17.1. The quantitative estimate of drug-likeness (QED) is 0.805. The highest BCUT2D eigenvalue weighted by Gasteiger charge is 2.22. The van der Waals surface area contributed by atoms with Crippen molar-refractivity contribution in [3.63, 3.8) is 0 Å². The minimum Gasteiger partial charge on any atom is -0.448 e. The molecule has 1 aromatic heterocycles. The Balaban J connectivity index is 2.12. The van der Waals surface area contributed by atoms with Gasteiger partial charge in [0.25, 0.3) is 0 Å². The maximum atomic E-state index is 11.2. The summed E-state index contributed by atoms with van der Waals surface area (Å²) in [7, 11) is 1.81. The number of anilines is 1. The fourth-order valence-electron chi connectivity index (χ4n) is 1.57. The van der Waals surface area contributed by atoms with Gasteiger partial charge in [0.05, 0.1) is 13.1 Å². The lowest BCUT2D eigenvalue weighted by Gasteiger charge is -2.14. The molecule has 0 saturated carbocycles. The predicted octanol–water partition coefficient (Wildman–Crippen LogP) is 1.08. The highest BCUT2D eigenvalue weighted by Crippen LogP contribution is 2.15. The number of aromatic nitrogens is 1. The van der Waals surface area contributed by atoms with E-state index in [0.717, 1.165) is 11.4 Å². The van der Waals surface area contributed by atoms with Gasteiger partial charge in [0.2, 0.25) is 0 Å². The zero-order chi connectivity index (χ0) is 10.7. The second kappa shape index (κ2) is 4.16. The van der Waals surface area contributed by atoms with Gasteiger partial charge in [-0.3, -0.25) is 0 Å². The molecule has 1 fully saturated rings. The zero-order valence-corrected chi connectivity index (χ0v) is 8.56. The van der Waals surface area contributed by atoms with Crippen LogP contribution in [0.5, 0.6) is 0 Å². The summed E-state index contributed by atoms with van der Waals surface area (Å²) in [6.07, 6.45) is 1.47. The van der Waals surface area contributed by atoms with Crippen molar-refractivity contribution in [3.8, 4) is 0 Å². The molecular formula is C10H13N3O2. The van der Waals surface area contributed by atoms with Crippen molar-refractivity contribution in [1.29, 1.82) is 0 Å². The highest BCUT2D eigenvalue weighted by molar-refractivity contribution is 5.69. The predicted molar refractivity (Wildman–Crippen MR) is 55.5 cm³/mol. The normalized spacial score (nSPS) is 15.3. The molecule has 1 aromatic rings. The Morgan fingerprint density at radius 1 is 1.67 bits per heavy atom. The number of carbonyl (C=O) groups excluding carboxylic acids is 1. The van der Waals surface area contributed by atoms with Crippen molar-refractivity contribution >= 4 is 11.9 Å². The van der Waals surface area contributed by atoms with Crippen LogP contribution in [0.15, 0.2) is 18.3 Å². The first-order valence-electron chi connectivity index (χ1n) is 4.84. The molecule has 15 heavy (non-hydrogen) atoms. The molecule has 1 aliphatic rings. The summed E-state index contributed by atoms with van der Waals surface area (Å²) in [5, 5.41) is 2.99. The van der Waals surface area contributed by atoms with E-state index in [-0.39, 0.29) is 6.09 Å². The van der Waals surface area contributed by atoms with Gasteiger partial charge in [0, 0.05) is 18.8 Å². The van der Waals surface area contributed by atoms with E-state index in [1.807, 2.05) is 19.2 Å². The summed E-state index contributed by atoms with van der Waals surface area (Å²) >= 11 is 0. The summed E-state index contributed by atoms with van der Waals surface area (Å²) in [6, 6.07) is 3.81. The van der Waals surface area contributed by atoms with Crippen LogP contribution in [0.4, 0.5) is 10.6 Å². The van der Waals surface area contributed by atoms with Crippen LogP contribution >= 0.6 is 0 Å². The number of ether oxygens (including phenoxy) is 1. The van der Waals surface area contributed by atoms with Crippen LogP contribution in [0.3, 0.4) is 0 Å². The molecule has 1 amide bonds. The molecule has 0 unspecified atom stereocenters. The van der Waals surface area contributed by atoms with Crippen LogP contribution in [-0.4, -0.2) is 36.2 Å². The molecule has 0 bridgehead atoms. The molecule has 0 aromatic carbocycles. The summed E-state index contributed by atoms with van der Waals surface area (Å²) in [5.41, 5.74) is 0.999. The number of carbonyl (C=O) groups is 1. The lowest BCUT2D eigenvalue weighted by atomic mass is 10.2. The molecule has 0 atom stereocenters. The second-order valence-corrected chi connectivity index (χ2v) is 3.30. The summed E-state index contributed by atoms with van der Waals surface area (Å²) in [6.45, 7) is 1.67. The molecule has 1 N–H and O–H groups in total. The van der Waals surface area contributed by atoms with Gasteiger partial charge in [-0.1, -0.05) is 6.07 Å². The first kappa shape index (κ1) is 9.76. The van der Waals surface area contributed by atoms with Gasteiger partial charge < -0.3 is 15.0 Å². The van der Waals surface area contributed by atoms with Crippen molar-refractivity contribution in [2.24, 2.45) is 0 Å². The maximum Gasteiger partial charge on any atom is 0.410 e. The van der Waals surface area contributed by atoms with E-state index in [0.29, 0.717) is 19.7 Å². The Hall–Kier alpha value is -1.78. The van der Waals surface area contributed by atoms with Gasteiger partial charge in [-0.05, 0) is 6.07 Å². The van der Waals surface area contributed by atoms with Gasteiger partial charge in [-0.25, -0.2) is 9.78 Å². The topological polar surface area (TPSA) is 54.5 Å². The fourth-order valence-corrected chi connectivity index (χ4v) is 1.57. The SMILES string of the molecule is CNc1ncccc1CN1CCOC1=O. The molecule has 80 valence electrons. The van der Waals surface area contributed by atoms with Crippen LogP contribution in [0.25, 0.3) is 0 Å². The largest absolute Gasteiger partial charge is 0.448 e. The number of nitrogens with zero attached hydrogens (tertiary/aromatic N) is 2. The summed E-state index contributed by atoms with van der Waals surface area (Å²) in [5.74, 6) is 0.803. The van der Waals surface area contributed by atoms with E-state index in [1.165, 1.54) is 0 Å². The van der Waals surface area contributed by atoms with E-state index in [9.17, 15) is 4.79 Å². The van der Waals surface area contributed by atoms with E-state index in [4.69, 9.17) is 4.74 Å². The molecule has 0 aliphatic carbocycles. The molecule has 0 radical (unpaired) electrons. The van der Waals surface area contributed by atoms with E-state index < -0.39 is 0 Å². The van der Waals surface area contributed by atoms with Crippen molar-refractivity contribution in [3.05, 3.63) is 23.9 Å². The number of hydrogen-bond acceptors (Lipinski definition) is 4. The van der Waals surface area contributed by atoms with Crippen molar-refractivity contribution in [2.75, 3.05) is 25.5 Å². The lowest BCUT2D eigenvalue weighted by molar-refractivity contribution is 0.157. The minimum absolute atomic E-state index is 0.249. The van der Waals surface area contributed by atoms with Crippen molar-refractivity contribution < 1.29 is 9.53 Å². The van der Waals surface area contributed by atoms with Gasteiger partial charge in [-0.15, -0.1) is 0 Å². The fraction of sp³-hybridized carbons (Fsp3) is 0.400. The first-order valence-corrected chi connectivity index (χ1v) is 4.84. The van der Waals surface area contributed by atoms with Gasteiger partial charge in [0.15, 0.2) is 0 Å². The molecule has 1 saturated heterocycles. The van der Waals surface area contributed by atoms with E-state index in [1.54, 1.807) is 11.1 Å². The molecule has 5 heteroatoms. The third-order valence-electron chi connectivity index (χ3n) is 2.33. The van der Waals surface area contributed by atoms with Crippen molar-refractivity contribution in [2.45, 2.75) is 6.54 Å². The number of pyridine rings is 1. The third kappa shape index (κ3) is 2.01. The third-order valence-corrected chi connectivity index (χ3v) is 2.33. The molecule has 0 spiro atoms. The Kier molecular flexibility index (Phi) is 2.71. The number of rotatable bonds is 3. The van der Waals surface area contributed by atoms with Gasteiger partial charge in [0.1, 0.15) is 12.4 Å². The van der Waals surface area contributed by atoms with Crippen LogP contribution in [0.1, 0.15) is 5.56 Å². The average molecular weight is 207 g/mol. The van der Waals surface area contributed by atoms with Crippen LogP contribution in [0.2, 0.25) is 0 Å². The summed E-state index contributed by atoms with van der Waals surface area (Å²) < 4.78 is 4.86.